The van der Waals surface area contributed by atoms with Crippen LogP contribution in [0.2, 0.25) is 0 Å². The average Bonchev–Trinajstić information content (AvgIpc) is 2.59. The number of rotatable bonds is 6. The van der Waals surface area contributed by atoms with Gasteiger partial charge in [0.1, 0.15) is 11.3 Å². The van der Waals surface area contributed by atoms with Crippen LogP contribution in [0, 0.1) is 0 Å². The van der Waals surface area contributed by atoms with E-state index in [0.29, 0.717) is 12.4 Å². The van der Waals surface area contributed by atoms with Crippen LogP contribution < -0.4 is 4.74 Å². The van der Waals surface area contributed by atoms with Gasteiger partial charge in [0, 0.05) is 11.9 Å². The zero-order chi connectivity index (χ0) is 16.1. The van der Waals surface area contributed by atoms with Gasteiger partial charge in [-0.15, -0.1) is 0 Å². The van der Waals surface area contributed by atoms with Crippen LogP contribution in [0.4, 0.5) is 0 Å². The highest BCUT2D eigenvalue weighted by atomic mass is 16.5. The van der Waals surface area contributed by atoms with E-state index in [1.807, 2.05) is 30.3 Å². The van der Waals surface area contributed by atoms with Gasteiger partial charge in [-0.2, -0.15) is 0 Å². The second-order valence-corrected chi connectivity index (χ2v) is 6.07. The monoisotopic (exact) mass is 313 g/mol. The van der Waals surface area contributed by atoms with Crippen LogP contribution in [0.5, 0.6) is 5.75 Å². The molecule has 2 aromatic carbocycles. The van der Waals surface area contributed by atoms with Crippen LogP contribution in [0.15, 0.2) is 36.4 Å². The van der Waals surface area contributed by atoms with Crippen LogP contribution in [0.1, 0.15) is 36.0 Å². The van der Waals surface area contributed by atoms with Crippen LogP contribution in [-0.4, -0.2) is 42.2 Å². The lowest BCUT2D eigenvalue weighted by atomic mass is 10.1. The summed E-state index contributed by atoms with van der Waals surface area (Å²) in [4.78, 5) is 13.9. The summed E-state index contributed by atoms with van der Waals surface area (Å²) in [5.41, 5.74) is 0.238. The van der Waals surface area contributed by atoms with Crippen molar-refractivity contribution >= 4 is 16.7 Å². The van der Waals surface area contributed by atoms with Gasteiger partial charge in [-0.3, -0.25) is 0 Å². The summed E-state index contributed by atoms with van der Waals surface area (Å²) in [6.45, 7) is 3.92. The molecular weight excluding hydrogens is 290 g/mol. The highest BCUT2D eigenvalue weighted by Crippen LogP contribution is 2.30. The standard InChI is InChI=1S/C19H23NO3/c21-19(22)17-10-9-15-7-2-3-8-16(15)18(17)23-14-6-13-20-11-4-1-5-12-20/h2-3,7-10H,1,4-6,11-14H2,(H,21,22). The minimum Gasteiger partial charge on any atom is -0.492 e. The molecule has 0 atom stereocenters. The minimum absolute atomic E-state index is 0.238. The Bertz CT molecular complexity index is 677. The molecule has 0 spiro atoms. The smallest absolute Gasteiger partial charge is 0.339 e. The Morgan fingerprint density at radius 2 is 1.87 bits per heavy atom. The van der Waals surface area contributed by atoms with E-state index < -0.39 is 5.97 Å². The predicted octanol–water partition coefficient (Wildman–Crippen LogP) is 3.79. The largest absolute Gasteiger partial charge is 0.492 e. The predicted molar refractivity (Wildman–Crippen MR) is 91.3 cm³/mol. The van der Waals surface area contributed by atoms with Crippen molar-refractivity contribution in [1.29, 1.82) is 0 Å². The maximum absolute atomic E-state index is 11.5. The van der Waals surface area contributed by atoms with Gasteiger partial charge in [-0.1, -0.05) is 36.8 Å². The fraction of sp³-hybridized carbons (Fsp3) is 0.421. The first-order valence-electron chi connectivity index (χ1n) is 8.36. The van der Waals surface area contributed by atoms with Crippen LogP contribution in [-0.2, 0) is 0 Å². The van der Waals surface area contributed by atoms with Crippen molar-refractivity contribution in [2.24, 2.45) is 0 Å². The number of hydrogen-bond donors (Lipinski definition) is 1. The first kappa shape index (κ1) is 15.8. The van der Waals surface area contributed by atoms with Gasteiger partial charge >= 0.3 is 5.97 Å². The van der Waals surface area contributed by atoms with Crippen molar-refractivity contribution in [2.75, 3.05) is 26.2 Å². The van der Waals surface area contributed by atoms with E-state index in [2.05, 4.69) is 4.90 Å². The number of carboxylic acid groups (broad SMARTS) is 1. The van der Waals surface area contributed by atoms with Crippen LogP contribution in [0.3, 0.4) is 0 Å². The number of fused-ring (bicyclic) bond motifs is 1. The number of likely N-dealkylation sites (tertiary alicyclic amines) is 1. The Morgan fingerprint density at radius 3 is 2.65 bits per heavy atom. The molecule has 1 aliphatic heterocycles. The molecule has 1 aliphatic rings. The molecule has 23 heavy (non-hydrogen) atoms. The average molecular weight is 313 g/mol. The second-order valence-electron chi connectivity index (χ2n) is 6.07. The lowest BCUT2D eigenvalue weighted by Gasteiger charge is -2.26. The highest BCUT2D eigenvalue weighted by Gasteiger charge is 2.15. The summed E-state index contributed by atoms with van der Waals surface area (Å²) in [6, 6.07) is 11.2. The van der Waals surface area contributed by atoms with Gasteiger partial charge in [0.25, 0.3) is 0 Å². The maximum Gasteiger partial charge on any atom is 0.339 e. The third-order valence-electron chi connectivity index (χ3n) is 4.42. The number of benzene rings is 2. The summed E-state index contributed by atoms with van der Waals surface area (Å²) >= 11 is 0. The second kappa shape index (κ2) is 7.47. The van der Waals surface area contributed by atoms with Crippen LogP contribution in [0.25, 0.3) is 10.8 Å². The molecule has 1 N–H and O–H groups in total. The summed E-state index contributed by atoms with van der Waals surface area (Å²) in [7, 11) is 0. The van der Waals surface area contributed by atoms with Gasteiger partial charge in [-0.25, -0.2) is 4.79 Å². The minimum atomic E-state index is -0.943. The summed E-state index contributed by atoms with van der Waals surface area (Å²) < 4.78 is 5.90. The maximum atomic E-state index is 11.5. The molecule has 0 radical (unpaired) electrons. The van der Waals surface area contributed by atoms with Crippen LogP contribution >= 0.6 is 0 Å². The summed E-state index contributed by atoms with van der Waals surface area (Å²) in [5.74, 6) is -0.448. The lowest BCUT2D eigenvalue weighted by molar-refractivity contribution is 0.0692. The Morgan fingerprint density at radius 1 is 1.09 bits per heavy atom. The van der Waals surface area contributed by atoms with Gasteiger partial charge in [0.05, 0.1) is 6.61 Å². The molecule has 0 amide bonds. The van der Waals surface area contributed by atoms with Crippen molar-refractivity contribution in [3.63, 3.8) is 0 Å². The van der Waals surface area contributed by atoms with E-state index in [-0.39, 0.29) is 5.56 Å². The number of nitrogens with zero attached hydrogens (tertiary/aromatic N) is 1. The molecule has 122 valence electrons. The van der Waals surface area contributed by atoms with E-state index in [4.69, 9.17) is 4.74 Å². The zero-order valence-corrected chi connectivity index (χ0v) is 13.3. The Hall–Kier alpha value is -2.07. The molecule has 1 fully saturated rings. The molecule has 2 aromatic rings. The number of hydrogen-bond acceptors (Lipinski definition) is 3. The molecule has 1 saturated heterocycles. The topological polar surface area (TPSA) is 49.8 Å². The normalized spacial score (nSPS) is 15.7. The number of ether oxygens (including phenoxy) is 1. The molecule has 1 heterocycles. The molecule has 0 aliphatic carbocycles. The first-order valence-corrected chi connectivity index (χ1v) is 8.36. The van der Waals surface area contributed by atoms with Crippen molar-refractivity contribution < 1.29 is 14.6 Å². The third-order valence-corrected chi connectivity index (χ3v) is 4.42. The van der Waals surface area contributed by atoms with Gasteiger partial charge in [-0.05, 0) is 43.8 Å². The Kier molecular flexibility index (Phi) is 5.13. The van der Waals surface area contributed by atoms with E-state index in [1.54, 1.807) is 6.07 Å². The van der Waals surface area contributed by atoms with Gasteiger partial charge < -0.3 is 14.7 Å². The molecule has 0 bridgehead atoms. The first-order chi connectivity index (χ1) is 11.3. The van der Waals surface area contributed by atoms with Crippen molar-refractivity contribution in [2.45, 2.75) is 25.7 Å². The Labute approximate surface area is 136 Å². The third kappa shape index (κ3) is 3.82. The molecule has 4 nitrogen and oxygen atoms in total. The molecule has 0 aromatic heterocycles. The van der Waals surface area contributed by atoms with Crippen molar-refractivity contribution in [3.8, 4) is 5.75 Å². The van der Waals surface area contributed by atoms with E-state index in [0.717, 1.165) is 23.7 Å². The molecule has 0 saturated carbocycles. The molecular formula is C19H23NO3. The SMILES string of the molecule is O=C(O)c1ccc2ccccc2c1OCCCN1CCCCC1. The van der Waals surface area contributed by atoms with E-state index in [9.17, 15) is 9.90 Å². The number of aromatic carboxylic acids is 1. The van der Waals surface area contributed by atoms with Gasteiger partial charge in [0.15, 0.2) is 0 Å². The number of piperidine rings is 1. The number of carboxylic acids is 1. The van der Waals surface area contributed by atoms with Crippen molar-refractivity contribution in [1.82, 2.24) is 4.90 Å². The fourth-order valence-electron chi connectivity index (χ4n) is 3.21. The molecule has 0 unspecified atom stereocenters. The van der Waals surface area contributed by atoms with E-state index in [1.165, 1.54) is 32.4 Å². The molecule has 3 rings (SSSR count). The van der Waals surface area contributed by atoms with E-state index >= 15 is 0 Å². The summed E-state index contributed by atoms with van der Waals surface area (Å²) in [5, 5.41) is 11.3. The highest BCUT2D eigenvalue weighted by molar-refractivity contribution is 6.00. The Balaban J connectivity index is 1.68. The molecule has 4 heteroatoms. The van der Waals surface area contributed by atoms with Crippen molar-refractivity contribution in [3.05, 3.63) is 42.0 Å². The number of carbonyl (C=O) groups is 1. The lowest BCUT2D eigenvalue weighted by Crippen LogP contribution is -2.31. The fourth-order valence-corrected chi connectivity index (χ4v) is 3.21. The quantitative estimate of drug-likeness (QED) is 0.824. The summed E-state index contributed by atoms with van der Waals surface area (Å²) in [6.07, 6.45) is 4.83. The van der Waals surface area contributed by atoms with Gasteiger partial charge in [0.2, 0.25) is 0 Å². The zero-order valence-electron chi connectivity index (χ0n) is 13.3.